The Morgan fingerprint density at radius 3 is 2.70 bits per heavy atom. The van der Waals surface area contributed by atoms with E-state index in [1.165, 1.54) is 11.0 Å². The summed E-state index contributed by atoms with van der Waals surface area (Å²) in [6.45, 7) is 5.77. The average molecular weight is 308 g/mol. The van der Waals surface area contributed by atoms with Gasteiger partial charge in [-0.15, -0.1) is 5.10 Å². The lowest BCUT2D eigenvalue weighted by atomic mass is 10.1. The number of tetrazole rings is 1. The van der Waals surface area contributed by atoms with Crippen LogP contribution in [0.2, 0.25) is 0 Å². The first-order chi connectivity index (χ1) is 11.0. The Morgan fingerprint density at radius 2 is 2.00 bits per heavy atom. The van der Waals surface area contributed by atoms with Gasteiger partial charge in [-0.2, -0.15) is 0 Å². The van der Waals surface area contributed by atoms with Gasteiger partial charge in [0.25, 0.3) is 5.91 Å². The Labute approximate surface area is 133 Å². The molecular weight excluding hydrogens is 292 g/mol. The lowest BCUT2D eigenvalue weighted by molar-refractivity contribution is 0.102. The molecule has 0 saturated heterocycles. The summed E-state index contributed by atoms with van der Waals surface area (Å²) in [6.07, 6.45) is 1.48. The number of carbonyl (C=O) groups excluding carboxylic acids is 1. The lowest BCUT2D eigenvalue weighted by Gasteiger charge is -2.12. The molecule has 0 spiro atoms. The number of hydrogen-bond acceptors (Lipinski definition) is 5. The third-order valence-electron chi connectivity index (χ3n) is 3.49. The summed E-state index contributed by atoms with van der Waals surface area (Å²) < 4.78 is 1.50. The highest BCUT2D eigenvalue weighted by molar-refractivity contribution is 6.05. The van der Waals surface area contributed by atoms with Crippen LogP contribution in [0.15, 0.2) is 36.7 Å². The number of rotatable bonds is 3. The van der Waals surface area contributed by atoms with Crippen LogP contribution in [0, 0.1) is 20.8 Å². The smallest absolute Gasteiger partial charge is 0.255 e. The van der Waals surface area contributed by atoms with E-state index in [2.05, 4.69) is 25.8 Å². The van der Waals surface area contributed by atoms with Crippen LogP contribution in [-0.2, 0) is 0 Å². The fraction of sp³-hybridized carbons (Fsp3) is 0.188. The summed E-state index contributed by atoms with van der Waals surface area (Å²) >= 11 is 0. The lowest BCUT2D eigenvalue weighted by Crippen LogP contribution is -2.15. The standard InChI is InChI=1S/C16H16N6O/c1-10-7-11(2)18-12(3)15(10)19-16(23)13-5-4-6-14(8-13)22-9-17-20-21-22/h4-9H,1-3H3,(H,19,23). The molecule has 0 unspecified atom stereocenters. The van der Waals surface area contributed by atoms with Crippen LogP contribution >= 0.6 is 0 Å². The van der Waals surface area contributed by atoms with Crippen molar-refractivity contribution >= 4 is 11.6 Å². The fourth-order valence-corrected chi connectivity index (χ4v) is 2.47. The molecule has 3 aromatic rings. The summed E-state index contributed by atoms with van der Waals surface area (Å²) in [7, 11) is 0. The Balaban J connectivity index is 1.89. The fourth-order valence-electron chi connectivity index (χ4n) is 2.47. The molecule has 7 nitrogen and oxygen atoms in total. The zero-order valence-corrected chi connectivity index (χ0v) is 13.1. The van der Waals surface area contributed by atoms with E-state index >= 15 is 0 Å². The van der Waals surface area contributed by atoms with Crippen molar-refractivity contribution in [2.75, 3.05) is 5.32 Å². The summed E-state index contributed by atoms with van der Waals surface area (Å²) in [4.78, 5) is 16.9. The maximum atomic E-state index is 12.5. The highest BCUT2D eigenvalue weighted by Gasteiger charge is 2.12. The minimum absolute atomic E-state index is 0.197. The van der Waals surface area contributed by atoms with Gasteiger partial charge in [0.2, 0.25) is 0 Å². The number of benzene rings is 1. The van der Waals surface area contributed by atoms with Gasteiger partial charge < -0.3 is 5.32 Å². The molecule has 7 heteroatoms. The topological polar surface area (TPSA) is 85.6 Å². The van der Waals surface area contributed by atoms with E-state index < -0.39 is 0 Å². The molecule has 0 aliphatic heterocycles. The number of pyridine rings is 1. The number of aryl methyl sites for hydroxylation is 3. The number of aromatic nitrogens is 5. The second-order valence-electron chi connectivity index (χ2n) is 5.30. The van der Waals surface area contributed by atoms with Gasteiger partial charge in [0, 0.05) is 11.3 Å². The predicted octanol–water partition coefficient (Wildman–Crippen LogP) is 2.23. The number of nitrogens with zero attached hydrogens (tertiary/aromatic N) is 5. The number of amides is 1. The first-order valence-electron chi connectivity index (χ1n) is 7.14. The second-order valence-corrected chi connectivity index (χ2v) is 5.30. The minimum Gasteiger partial charge on any atom is -0.320 e. The van der Waals surface area contributed by atoms with Crippen molar-refractivity contribution in [3.05, 3.63) is 59.2 Å². The molecule has 2 heterocycles. The predicted molar refractivity (Wildman–Crippen MR) is 85.6 cm³/mol. The first-order valence-corrected chi connectivity index (χ1v) is 7.14. The van der Waals surface area contributed by atoms with Gasteiger partial charge in [-0.3, -0.25) is 9.78 Å². The molecule has 1 N–H and O–H groups in total. The molecule has 0 aliphatic carbocycles. The molecule has 3 rings (SSSR count). The summed E-state index contributed by atoms with van der Waals surface area (Å²) in [5, 5.41) is 13.9. The summed E-state index contributed by atoms with van der Waals surface area (Å²) in [6, 6.07) is 9.05. The van der Waals surface area contributed by atoms with Crippen LogP contribution in [-0.4, -0.2) is 31.1 Å². The molecule has 1 aromatic carbocycles. The van der Waals surface area contributed by atoms with E-state index in [0.29, 0.717) is 5.56 Å². The van der Waals surface area contributed by atoms with Crippen LogP contribution in [0.4, 0.5) is 5.69 Å². The van der Waals surface area contributed by atoms with E-state index in [0.717, 1.165) is 28.3 Å². The van der Waals surface area contributed by atoms with Gasteiger partial charge in [0.05, 0.1) is 17.1 Å². The first kappa shape index (κ1) is 14.8. The third-order valence-corrected chi connectivity index (χ3v) is 3.49. The number of hydrogen-bond donors (Lipinski definition) is 1. The number of anilines is 1. The van der Waals surface area contributed by atoms with E-state index in [1.54, 1.807) is 18.2 Å². The monoisotopic (exact) mass is 308 g/mol. The van der Waals surface area contributed by atoms with Crippen LogP contribution in [0.3, 0.4) is 0 Å². The zero-order chi connectivity index (χ0) is 16.4. The molecule has 0 saturated carbocycles. The van der Waals surface area contributed by atoms with Gasteiger partial charge in [0.1, 0.15) is 6.33 Å². The van der Waals surface area contributed by atoms with Crippen LogP contribution in [0.5, 0.6) is 0 Å². The molecule has 116 valence electrons. The highest BCUT2D eigenvalue weighted by Crippen LogP contribution is 2.20. The molecule has 2 aromatic heterocycles. The Bertz CT molecular complexity index is 834. The van der Waals surface area contributed by atoms with Crippen molar-refractivity contribution in [1.82, 2.24) is 25.2 Å². The van der Waals surface area contributed by atoms with E-state index in [9.17, 15) is 4.79 Å². The van der Waals surface area contributed by atoms with Crippen molar-refractivity contribution in [3.63, 3.8) is 0 Å². The quantitative estimate of drug-likeness (QED) is 0.802. The largest absolute Gasteiger partial charge is 0.320 e. The average Bonchev–Trinajstić information content (AvgIpc) is 3.05. The molecule has 0 bridgehead atoms. The molecule has 0 aliphatic rings. The van der Waals surface area contributed by atoms with Crippen LogP contribution in [0.25, 0.3) is 5.69 Å². The second kappa shape index (κ2) is 5.96. The van der Waals surface area contributed by atoms with Crippen LogP contribution < -0.4 is 5.32 Å². The van der Waals surface area contributed by atoms with Gasteiger partial charge in [-0.05, 0) is 61.0 Å². The maximum Gasteiger partial charge on any atom is 0.255 e. The van der Waals surface area contributed by atoms with Gasteiger partial charge in [0.15, 0.2) is 0 Å². The molecule has 1 amide bonds. The van der Waals surface area contributed by atoms with Crippen molar-refractivity contribution in [1.29, 1.82) is 0 Å². The summed E-state index contributed by atoms with van der Waals surface area (Å²) in [5.41, 5.74) is 4.70. The van der Waals surface area contributed by atoms with Gasteiger partial charge in [-0.1, -0.05) is 6.07 Å². The minimum atomic E-state index is -0.197. The third kappa shape index (κ3) is 3.08. The highest BCUT2D eigenvalue weighted by atomic mass is 16.1. The molecule has 0 atom stereocenters. The maximum absolute atomic E-state index is 12.5. The van der Waals surface area contributed by atoms with Crippen molar-refractivity contribution < 1.29 is 4.79 Å². The van der Waals surface area contributed by atoms with Crippen LogP contribution in [0.1, 0.15) is 27.3 Å². The number of carbonyl (C=O) groups is 1. The zero-order valence-electron chi connectivity index (χ0n) is 13.1. The molecule has 0 radical (unpaired) electrons. The van der Waals surface area contributed by atoms with Crippen molar-refractivity contribution in [3.8, 4) is 5.69 Å². The molecule has 23 heavy (non-hydrogen) atoms. The molecule has 0 fully saturated rings. The van der Waals surface area contributed by atoms with Gasteiger partial charge in [-0.25, -0.2) is 4.68 Å². The van der Waals surface area contributed by atoms with E-state index in [-0.39, 0.29) is 5.91 Å². The van der Waals surface area contributed by atoms with E-state index in [1.807, 2.05) is 32.9 Å². The molecular formula is C16H16N6O. The Hall–Kier alpha value is -3.09. The van der Waals surface area contributed by atoms with E-state index in [4.69, 9.17) is 0 Å². The summed E-state index contributed by atoms with van der Waals surface area (Å²) in [5.74, 6) is -0.197. The van der Waals surface area contributed by atoms with Gasteiger partial charge >= 0.3 is 0 Å². The van der Waals surface area contributed by atoms with Crippen molar-refractivity contribution in [2.24, 2.45) is 0 Å². The Morgan fingerprint density at radius 1 is 1.17 bits per heavy atom. The Kier molecular flexibility index (Phi) is 3.84. The van der Waals surface area contributed by atoms with Crippen molar-refractivity contribution in [2.45, 2.75) is 20.8 Å². The SMILES string of the molecule is Cc1cc(C)c(NC(=O)c2cccc(-n3cnnn3)c2)c(C)n1. The normalized spacial score (nSPS) is 10.6. The number of nitrogens with one attached hydrogen (secondary N) is 1.